The molecule has 5 rings (SSSR count). The average Bonchev–Trinajstić information content (AvgIpc) is 3.49. The largest absolute Gasteiger partial charge is 0.507 e. The lowest BCUT2D eigenvalue weighted by molar-refractivity contribution is -0.132. The Morgan fingerprint density at radius 3 is 2.32 bits per heavy atom. The number of aliphatic hydroxyl groups excluding tert-OH is 1. The van der Waals surface area contributed by atoms with Gasteiger partial charge in [0.1, 0.15) is 17.3 Å². The van der Waals surface area contributed by atoms with Gasteiger partial charge in [0.15, 0.2) is 5.13 Å². The SMILES string of the molecule is COC(=O)c1ccc(C2C(=C(O)c3cccc(OC)c3)C(=O)C(=O)N2c2nc3ccc(OC)cc3s2)cc1. The molecule has 2 heterocycles. The van der Waals surface area contributed by atoms with E-state index in [1.54, 1.807) is 61.7 Å². The fourth-order valence-electron chi connectivity index (χ4n) is 4.31. The number of carbonyl (C=O) groups is 3. The summed E-state index contributed by atoms with van der Waals surface area (Å²) < 4.78 is 16.1. The monoisotopic (exact) mass is 530 g/mol. The summed E-state index contributed by atoms with van der Waals surface area (Å²) in [5.74, 6) is -1.46. The van der Waals surface area contributed by atoms with Gasteiger partial charge in [-0.1, -0.05) is 35.6 Å². The van der Waals surface area contributed by atoms with E-state index in [0.29, 0.717) is 33.7 Å². The summed E-state index contributed by atoms with van der Waals surface area (Å²) in [6.45, 7) is 0. The number of Topliss-reactive ketones (excluding diaryl/α,β-unsaturated/α-hetero) is 1. The number of esters is 1. The first-order valence-corrected chi connectivity index (χ1v) is 12.3. The highest BCUT2D eigenvalue weighted by atomic mass is 32.1. The van der Waals surface area contributed by atoms with Crippen LogP contribution in [0.2, 0.25) is 0 Å². The predicted octanol–water partition coefficient (Wildman–Crippen LogP) is 4.73. The third kappa shape index (κ3) is 4.24. The highest BCUT2D eigenvalue weighted by molar-refractivity contribution is 7.22. The number of anilines is 1. The van der Waals surface area contributed by atoms with E-state index in [1.165, 1.54) is 42.6 Å². The minimum atomic E-state index is -1.00. The smallest absolute Gasteiger partial charge is 0.337 e. The molecule has 1 N–H and O–H groups in total. The molecular formula is C28H22N2O7S. The van der Waals surface area contributed by atoms with Crippen LogP contribution in [-0.2, 0) is 14.3 Å². The number of nitrogens with zero attached hydrogens (tertiary/aromatic N) is 2. The molecule has 1 aliphatic heterocycles. The van der Waals surface area contributed by atoms with Crippen molar-refractivity contribution in [2.45, 2.75) is 6.04 Å². The molecule has 0 bridgehead atoms. The normalized spacial score (nSPS) is 16.6. The van der Waals surface area contributed by atoms with Gasteiger partial charge in [0.05, 0.1) is 48.7 Å². The maximum atomic E-state index is 13.5. The third-order valence-corrected chi connectivity index (χ3v) is 7.24. The number of methoxy groups -OCH3 is 3. The second kappa shape index (κ2) is 9.98. The number of aliphatic hydroxyl groups is 1. The van der Waals surface area contributed by atoms with Gasteiger partial charge in [0, 0.05) is 5.56 Å². The Morgan fingerprint density at radius 2 is 1.63 bits per heavy atom. The van der Waals surface area contributed by atoms with Crippen molar-refractivity contribution in [1.29, 1.82) is 0 Å². The van der Waals surface area contributed by atoms with E-state index < -0.39 is 23.7 Å². The summed E-state index contributed by atoms with van der Waals surface area (Å²) in [6.07, 6.45) is 0. The Kier molecular flexibility index (Phi) is 6.56. The minimum Gasteiger partial charge on any atom is -0.507 e. The Labute approximate surface area is 221 Å². The van der Waals surface area contributed by atoms with E-state index in [9.17, 15) is 19.5 Å². The Morgan fingerprint density at radius 1 is 0.921 bits per heavy atom. The van der Waals surface area contributed by atoms with Crippen LogP contribution in [-0.4, -0.2) is 49.1 Å². The first kappa shape index (κ1) is 25.0. The molecule has 3 aromatic carbocycles. The number of rotatable bonds is 6. The van der Waals surface area contributed by atoms with Gasteiger partial charge in [0.2, 0.25) is 0 Å². The molecule has 9 nitrogen and oxygen atoms in total. The van der Waals surface area contributed by atoms with Crippen molar-refractivity contribution in [1.82, 2.24) is 4.98 Å². The second-order valence-electron chi connectivity index (χ2n) is 8.34. The zero-order valence-corrected chi connectivity index (χ0v) is 21.4. The van der Waals surface area contributed by atoms with E-state index >= 15 is 0 Å². The molecule has 0 radical (unpaired) electrons. The van der Waals surface area contributed by atoms with Crippen LogP contribution in [0.3, 0.4) is 0 Å². The van der Waals surface area contributed by atoms with Crippen LogP contribution in [0.4, 0.5) is 5.13 Å². The first-order valence-electron chi connectivity index (χ1n) is 11.4. The van der Waals surface area contributed by atoms with Crippen LogP contribution in [0.25, 0.3) is 16.0 Å². The van der Waals surface area contributed by atoms with Crippen molar-refractivity contribution in [2.75, 3.05) is 26.2 Å². The van der Waals surface area contributed by atoms with Crippen LogP contribution in [0.5, 0.6) is 11.5 Å². The number of benzene rings is 3. The molecule has 0 saturated carbocycles. The lowest BCUT2D eigenvalue weighted by Crippen LogP contribution is -2.29. The summed E-state index contributed by atoms with van der Waals surface area (Å²) in [6, 6.07) is 17.2. The fraction of sp³-hybridized carbons (Fsp3) is 0.143. The molecule has 1 amide bonds. The van der Waals surface area contributed by atoms with Gasteiger partial charge in [-0.2, -0.15) is 0 Å². The Hall–Kier alpha value is -4.70. The van der Waals surface area contributed by atoms with Crippen molar-refractivity contribution in [3.63, 3.8) is 0 Å². The van der Waals surface area contributed by atoms with E-state index in [2.05, 4.69) is 4.98 Å². The zero-order chi connectivity index (χ0) is 27.0. The summed E-state index contributed by atoms with van der Waals surface area (Å²) in [5.41, 5.74) is 1.63. The molecule has 1 aliphatic rings. The molecule has 0 spiro atoms. The van der Waals surface area contributed by atoms with Gasteiger partial charge in [-0.15, -0.1) is 0 Å². The second-order valence-corrected chi connectivity index (χ2v) is 9.35. The summed E-state index contributed by atoms with van der Waals surface area (Å²) >= 11 is 1.22. The zero-order valence-electron chi connectivity index (χ0n) is 20.6. The Balaban J connectivity index is 1.70. The standard InChI is InChI=1S/C28H22N2O7S/c1-35-18-6-4-5-17(13-18)24(31)22-23(15-7-9-16(10-8-15)27(34)37-3)30(26(33)25(22)32)28-29-20-12-11-19(36-2)14-21(20)38-28/h4-14,23,31H,1-3H3. The van der Waals surface area contributed by atoms with Gasteiger partial charge in [0.25, 0.3) is 5.78 Å². The summed E-state index contributed by atoms with van der Waals surface area (Å²) in [5, 5.41) is 11.6. The van der Waals surface area contributed by atoms with Gasteiger partial charge in [-0.05, 0) is 48.0 Å². The van der Waals surface area contributed by atoms with Crippen molar-refractivity contribution < 1.29 is 33.7 Å². The first-order chi connectivity index (χ1) is 18.4. The molecule has 192 valence electrons. The predicted molar refractivity (Wildman–Crippen MR) is 142 cm³/mol. The van der Waals surface area contributed by atoms with Gasteiger partial charge >= 0.3 is 11.9 Å². The average molecular weight is 531 g/mol. The van der Waals surface area contributed by atoms with Crippen LogP contribution in [0.15, 0.2) is 72.3 Å². The maximum absolute atomic E-state index is 13.5. The van der Waals surface area contributed by atoms with Gasteiger partial charge in [-0.25, -0.2) is 9.78 Å². The van der Waals surface area contributed by atoms with E-state index in [0.717, 1.165) is 4.70 Å². The number of fused-ring (bicyclic) bond motifs is 1. The topological polar surface area (TPSA) is 115 Å². The van der Waals surface area contributed by atoms with Gasteiger partial charge in [-0.3, -0.25) is 14.5 Å². The quantitative estimate of drug-likeness (QED) is 0.165. The molecule has 38 heavy (non-hydrogen) atoms. The third-order valence-electron chi connectivity index (χ3n) is 6.23. The number of carbonyl (C=O) groups excluding carboxylic acids is 3. The number of ether oxygens (including phenoxy) is 3. The molecule has 10 heteroatoms. The number of amides is 1. The molecular weight excluding hydrogens is 508 g/mol. The van der Waals surface area contributed by atoms with Crippen LogP contribution < -0.4 is 14.4 Å². The molecule has 1 fully saturated rings. The molecule has 4 aromatic rings. The highest BCUT2D eigenvalue weighted by Gasteiger charge is 2.48. The van der Waals surface area contributed by atoms with Gasteiger partial charge < -0.3 is 19.3 Å². The molecule has 1 saturated heterocycles. The molecule has 1 atom stereocenters. The lowest BCUT2D eigenvalue weighted by Gasteiger charge is -2.23. The van der Waals surface area contributed by atoms with E-state index in [1.807, 2.05) is 0 Å². The van der Waals surface area contributed by atoms with Crippen LogP contribution in [0, 0.1) is 0 Å². The van der Waals surface area contributed by atoms with Crippen molar-refractivity contribution in [3.05, 3.63) is 89.0 Å². The lowest BCUT2D eigenvalue weighted by atomic mass is 9.94. The summed E-state index contributed by atoms with van der Waals surface area (Å²) in [4.78, 5) is 44.7. The minimum absolute atomic E-state index is 0.106. The van der Waals surface area contributed by atoms with Crippen molar-refractivity contribution in [3.8, 4) is 11.5 Å². The number of ketones is 1. The van der Waals surface area contributed by atoms with E-state index in [4.69, 9.17) is 14.2 Å². The fourth-order valence-corrected chi connectivity index (χ4v) is 5.33. The number of aromatic nitrogens is 1. The van der Waals surface area contributed by atoms with Crippen LogP contribution >= 0.6 is 11.3 Å². The highest BCUT2D eigenvalue weighted by Crippen LogP contribution is 2.44. The molecule has 1 unspecified atom stereocenters. The number of thiazole rings is 1. The van der Waals surface area contributed by atoms with Crippen LogP contribution in [0.1, 0.15) is 27.5 Å². The van der Waals surface area contributed by atoms with Crippen molar-refractivity contribution in [2.24, 2.45) is 0 Å². The molecule has 0 aliphatic carbocycles. The van der Waals surface area contributed by atoms with E-state index in [-0.39, 0.29) is 16.5 Å². The molecule has 1 aromatic heterocycles. The summed E-state index contributed by atoms with van der Waals surface area (Å²) in [7, 11) is 4.32. The number of hydrogen-bond donors (Lipinski definition) is 1. The maximum Gasteiger partial charge on any atom is 0.337 e. The van der Waals surface area contributed by atoms with Crippen molar-refractivity contribution >= 4 is 50.1 Å². The Bertz CT molecular complexity index is 1610. The number of hydrogen-bond acceptors (Lipinski definition) is 9.